The summed E-state index contributed by atoms with van der Waals surface area (Å²) in [5, 5.41) is 7.77. The second-order valence-electron chi connectivity index (χ2n) is 8.49. The predicted molar refractivity (Wildman–Crippen MR) is 133 cm³/mol. The summed E-state index contributed by atoms with van der Waals surface area (Å²) in [6, 6.07) is 4.25. The van der Waals surface area contributed by atoms with Crippen LogP contribution >= 0.6 is 0 Å². The van der Waals surface area contributed by atoms with Gasteiger partial charge in [-0.1, -0.05) is 6.58 Å². The Hall–Kier alpha value is -3.85. The standard InChI is InChI=1S/C25H28N6O3/c1-5-17(15-29(2)18-6-8-34-9-7-18)31-24-20-10-19(16-12-27-28-13-16)23(33-4)11-21(20)26-14-22(24)30(3)25(31)32/h5,10-15,18H,1,6-9H2,2-4H3,(H,27,28)/b17-15+. The van der Waals surface area contributed by atoms with Crippen molar-refractivity contribution < 1.29 is 9.47 Å². The first-order valence-corrected chi connectivity index (χ1v) is 11.2. The molecule has 1 aromatic carbocycles. The van der Waals surface area contributed by atoms with E-state index >= 15 is 0 Å². The number of allylic oxidation sites excluding steroid dienone is 2. The highest BCUT2D eigenvalue weighted by atomic mass is 16.5. The maximum Gasteiger partial charge on any atom is 0.333 e. The Morgan fingerprint density at radius 3 is 2.79 bits per heavy atom. The van der Waals surface area contributed by atoms with E-state index in [0.717, 1.165) is 59.1 Å². The van der Waals surface area contributed by atoms with Crippen molar-refractivity contribution >= 4 is 27.6 Å². The Kier molecular flexibility index (Phi) is 5.70. The zero-order valence-electron chi connectivity index (χ0n) is 19.6. The van der Waals surface area contributed by atoms with Crippen molar-refractivity contribution in [2.24, 2.45) is 7.05 Å². The lowest BCUT2D eigenvalue weighted by molar-refractivity contribution is 0.0559. The van der Waals surface area contributed by atoms with Crippen LogP contribution in [0.3, 0.4) is 0 Å². The van der Waals surface area contributed by atoms with E-state index in [1.807, 2.05) is 31.6 Å². The molecule has 0 radical (unpaired) electrons. The molecule has 9 heteroatoms. The number of aromatic amines is 1. The highest BCUT2D eigenvalue weighted by Crippen LogP contribution is 2.36. The fraction of sp³-hybridized carbons (Fsp3) is 0.320. The van der Waals surface area contributed by atoms with E-state index in [1.165, 1.54) is 0 Å². The summed E-state index contributed by atoms with van der Waals surface area (Å²) < 4.78 is 14.5. The van der Waals surface area contributed by atoms with Gasteiger partial charge in [0.05, 0.1) is 41.8 Å². The van der Waals surface area contributed by atoms with Gasteiger partial charge in [0, 0.05) is 68.3 Å². The Labute approximate surface area is 196 Å². The summed E-state index contributed by atoms with van der Waals surface area (Å²) >= 11 is 0. The van der Waals surface area contributed by atoms with Gasteiger partial charge in [-0.3, -0.25) is 19.2 Å². The molecule has 9 nitrogen and oxygen atoms in total. The molecular weight excluding hydrogens is 432 g/mol. The van der Waals surface area contributed by atoms with E-state index < -0.39 is 0 Å². The summed E-state index contributed by atoms with van der Waals surface area (Å²) in [6.45, 7) is 5.51. The smallest absolute Gasteiger partial charge is 0.333 e. The maximum absolute atomic E-state index is 13.5. The first kappa shape index (κ1) is 22.0. The minimum atomic E-state index is -0.156. The molecule has 0 amide bonds. The largest absolute Gasteiger partial charge is 0.496 e. The van der Waals surface area contributed by atoms with Crippen LogP contribution in [-0.4, -0.2) is 62.6 Å². The summed E-state index contributed by atoms with van der Waals surface area (Å²) in [7, 11) is 5.43. The van der Waals surface area contributed by atoms with Gasteiger partial charge in [0.25, 0.3) is 0 Å². The van der Waals surface area contributed by atoms with Crippen LogP contribution < -0.4 is 10.4 Å². The number of aromatic nitrogens is 5. The summed E-state index contributed by atoms with van der Waals surface area (Å²) in [5.74, 6) is 0.685. The summed E-state index contributed by atoms with van der Waals surface area (Å²) in [5.41, 5.74) is 4.55. The Bertz CT molecular complexity index is 1440. The van der Waals surface area contributed by atoms with Gasteiger partial charge in [-0.05, 0) is 25.0 Å². The third-order valence-electron chi connectivity index (χ3n) is 6.58. The van der Waals surface area contributed by atoms with Crippen molar-refractivity contribution in [1.82, 2.24) is 29.2 Å². The fourth-order valence-electron chi connectivity index (χ4n) is 4.66. The number of nitrogens with zero attached hydrogens (tertiary/aromatic N) is 5. The second-order valence-corrected chi connectivity index (χ2v) is 8.49. The number of methoxy groups -OCH3 is 1. The number of hydrogen-bond acceptors (Lipinski definition) is 6. The van der Waals surface area contributed by atoms with Crippen LogP contribution in [0, 0.1) is 0 Å². The van der Waals surface area contributed by atoms with Crippen LogP contribution in [0.4, 0.5) is 0 Å². The normalized spacial score (nSPS) is 15.2. The molecule has 4 heterocycles. The van der Waals surface area contributed by atoms with Gasteiger partial charge >= 0.3 is 5.69 Å². The number of rotatable bonds is 6. The molecule has 0 unspecified atom stereocenters. The number of pyridine rings is 1. The van der Waals surface area contributed by atoms with Crippen molar-refractivity contribution in [3.05, 3.63) is 60.1 Å². The Morgan fingerprint density at radius 2 is 2.12 bits per heavy atom. The number of aryl methyl sites for hydroxylation is 1. The van der Waals surface area contributed by atoms with Crippen LogP contribution in [0.15, 0.2) is 54.4 Å². The van der Waals surface area contributed by atoms with Gasteiger partial charge in [0.1, 0.15) is 5.75 Å². The van der Waals surface area contributed by atoms with Gasteiger partial charge in [-0.25, -0.2) is 4.79 Å². The fourth-order valence-corrected chi connectivity index (χ4v) is 4.66. The molecule has 1 N–H and O–H groups in total. The zero-order valence-corrected chi connectivity index (χ0v) is 19.6. The average Bonchev–Trinajstić information content (AvgIpc) is 3.49. The number of fused-ring (bicyclic) bond motifs is 3. The molecule has 176 valence electrons. The number of hydrogen-bond donors (Lipinski definition) is 1. The van der Waals surface area contributed by atoms with Crippen molar-refractivity contribution in [2.75, 3.05) is 27.4 Å². The zero-order chi connectivity index (χ0) is 23.8. The lowest BCUT2D eigenvalue weighted by Gasteiger charge is -2.30. The van der Waals surface area contributed by atoms with Crippen LogP contribution in [0.1, 0.15) is 12.8 Å². The molecule has 0 aliphatic carbocycles. The number of benzene rings is 1. The first-order chi connectivity index (χ1) is 16.5. The van der Waals surface area contributed by atoms with Crippen LogP contribution in [0.25, 0.3) is 38.8 Å². The molecule has 0 saturated carbocycles. The summed E-state index contributed by atoms with van der Waals surface area (Å²) in [4.78, 5) is 20.2. The lowest BCUT2D eigenvalue weighted by atomic mass is 10.0. The van der Waals surface area contributed by atoms with Gasteiger partial charge in [-0.2, -0.15) is 5.10 Å². The molecule has 4 aromatic rings. The molecule has 1 aliphatic heterocycles. The molecule has 0 atom stereocenters. The van der Waals surface area contributed by atoms with Gasteiger partial charge < -0.3 is 14.4 Å². The van der Waals surface area contributed by atoms with E-state index in [1.54, 1.807) is 41.8 Å². The van der Waals surface area contributed by atoms with Crippen molar-refractivity contribution in [3.63, 3.8) is 0 Å². The van der Waals surface area contributed by atoms with E-state index in [0.29, 0.717) is 17.5 Å². The summed E-state index contributed by atoms with van der Waals surface area (Å²) in [6.07, 6.45) is 10.9. The highest BCUT2D eigenvalue weighted by molar-refractivity contribution is 6.06. The third-order valence-corrected chi connectivity index (χ3v) is 6.58. The Morgan fingerprint density at radius 1 is 1.32 bits per heavy atom. The van der Waals surface area contributed by atoms with Gasteiger partial charge in [0.2, 0.25) is 0 Å². The van der Waals surface area contributed by atoms with E-state index in [9.17, 15) is 4.79 Å². The number of nitrogens with one attached hydrogen (secondary N) is 1. The Balaban J connectivity index is 1.76. The third kappa shape index (κ3) is 3.58. The van der Waals surface area contributed by atoms with Crippen molar-refractivity contribution in [1.29, 1.82) is 0 Å². The number of imidazole rings is 1. The molecule has 34 heavy (non-hydrogen) atoms. The SMILES string of the molecule is C=C/C(=C\N(C)C1CCOCC1)n1c(=O)n(C)c2cnc3cc(OC)c(-c4cn[nH]c4)cc3c21. The quantitative estimate of drug-likeness (QED) is 0.444. The van der Waals surface area contributed by atoms with Crippen LogP contribution in [0.2, 0.25) is 0 Å². The maximum atomic E-state index is 13.5. The molecule has 0 spiro atoms. The van der Waals surface area contributed by atoms with Crippen molar-refractivity contribution in [3.8, 4) is 16.9 Å². The highest BCUT2D eigenvalue weighted by Gasteiger charge is 2.21. The van der Waals surface area contributed by atoms with E-state index in [4.69, 9.17) is 9.47 Å². The minimum absolute atomic E-state index is 0.156. The average molecular weight is 461 g/mol. The first-order valence-electron chi connectivity index (χ1n) is 11.2. The predicted octanol–water partition coefficient (Wildman–Crippen LogP) is 3.38. The van der Waals surface area contributed by atoms with E-state index in [2.05, 4.69) is 26.7 Å². The van der Waals surface area contributed by atoms with Crippen LogP contribution in [0.5, 0.6) is 5.75 Å². The lowest BCUT2D eigenvalue weighted by Crippen LogP contribution is -2.34. The molecule has 1 aliphatic rings. The van der Waals surface area contributed by atoms with Gasteiger partial charge in [0.15, 0.2) is 0 Å². The molecule has 1 fully saturated rings. The van der Waals surface area contributed by atoms with E-state index in [-0.39, 0.29) is 5.69 Å². The van der Waals surface area contributed by atoms with Gasteiger partial charge in [-0.15, -0.1) is 0 Å². The topological polar surface area (TPSA) is 90.2 Å². The molecular formula is C25H28N6O3. The molecule has 1 saturated heterocycles. The number of ether oxygens (including phenoxy) is 2. The minimum Gasteiger partial charge on any atom is -0.496 e. The second kappa shape index (κ2) is 8.83. The van der Waals surface area contributed by atoms with Crippen LogP contribution in [-0.2, 0) is 11.8 Å². The molecule has 0 bridgehead atoms. The van der Waals surface area contributed by atoms with Crippen molar-refractivity contribution in [2.45, 2.75) is 18.9 Å². The molecule has 5 rings (SSSR count). The monoisotopic (exact) mass is 460 g/mol. The molecule has 3 aromatic heterocycles. The number of H-pyrrole nitrogens is 1.